The van der Waals surface area contributed by atoms with E-state index in [-0.39, 0.29) is 12.1 Å². The average molecular weight is 334 g/mol. The Bertz CT molecular complexity index is 638. The molecule has 1 atom stereocenters. The molecule has 4 nitrogen and oxygen atoms in total. The summed E-state index contributed by atoms with van der Waals surface area (Å²) in [6.45, 7) is 3.62. The molecule has 2 aromatic rings. The van der Waals surface area contributed by atoms with Crippen molar-refractivity contribution in [3.63, 3.8) is 0 Å². The van der Waals surface area contributed by atoms with Crippen molar-refractivity contribution >= 4 is 27.6 Å². The monoisotopic (exact) mass is 333 g/mol. The molecular weight excluding hydrogens is 318 g/mol. The van der Waals surface area contributed by atoms with Crippen LogP contribution in [0, 0.1) is 0 Å². The minimum atomic E-state index is -0.0585. The van der Waals surface area contributed by atoms with Crippen molar-refractivity contribution < 1.29 is 4.79 Å². The number of halogens is 1. The first-order chi connectivity index (χ1) is 9.66. The number of hydrogen-bond acceptors (Lipinski definition) is 1. The molecule has 0 aliphatic carbocycles. The second-order valence-electron chi connectivity index (χ2n) is 4.91. The second-order valence-corrected chi connectivity index (χ2v) is 5.76. The maximum atomic E-state index is 12.4. The number of amides is 2. The third-order valence-corrected chi connectivity index (χ3v) is 4.41. The Balaban J connectivity index is 1.77. The van der Waals surface area contributed by atoms with Crippen molar-refractivity contribution in [2.45, 2.75) is 19.5 Å². The summed E-state index contributed by atoms with van der Waals surface area (Å²) in [5, 5.41) is 2.96. The number of urea groups is 1. The van der Waals surface area contributed by atoms with Crippen LogP contribution >= 0.6 is 15.9 Å². The number of hydrogen-bond donors (Lipinski definition) is 1. The van der Waals surface area contributed by atoms with E-state index in [0.717, 1.165) is 23.2 Å². The number of benzene rings is 1. The van der Waals surface area contributed by atoms with E-state index in [9.17, 15) is 4.79 Å². The number of nitrogens with zero attached hydrogens (tertiary/aromatic N) is 2. The van der Waals surface area contributed by atoms with Crippen LogP contribution in [-0.4, -0.2) is 22.0 Å². The molecule has 0 saturated carbocycles. The van der Waals surface area contributed by atoms with E-state index in [4.69, 9.17) is 0 Å². The minimum absolute atomic E-state index is 0.0585. The molecule has 1 aromatic heterocycles. The summed E-state index contributed by atoms with van der Waals surface area (Å²) in [4.78, 5) is 14.3. The molecule has 1 N–H and O–H groups in total. The van der Waals surface area contributed by atoms with Gasteiger partial charge in [0.1, 0.15) is 0 Å². The molecule has 0 saturated heterocycles. The van der Waals surface area contributed by atoms with Gasteiger partial charge in [-0.05, 0) is 47.1 Å². The topological polar surface area (TPSA) is 37.3 Å². The number of carbonyl (C=O) groups excluding carboxylic acids is 1. The van der Waals surface area contributed by atoms with Crippen molar-refractivity contribution in [3.05, 3.63) is 52.8 Å². The number of fused-ring (bicyclic) bond motifs is 1. The Labute approximate surface area is 126 Å². The van der Waals surface area contributed by atoms with Crippen LogP contribution in [-0.2, 0) is 6.54 Å². The Morgan fingerprint density at radius 3 is 2.85 bits per heavy atom. The highest BCUT2D eigenvalue weighted by molar-refractivity contribution is 9.10. The number of aromatic nitrogens is 1. The molecular formula is C15H16BrN3O. The molecule has 5 heteroatoms. The minimum Gasteiger partial charge on any atom is -0.348 e. The van der Waals surface area contributed by atoms with Crippen LogP contribution in [0.2, 0.25) is 0 Å². The van der Waals surface area contributed by atoms with E-state index in [2.05, 4.69) is 45.0 Å². The molecule has 0 fully saturated rings. The van der Waals surface area contributed by atoms with Crippen LogP contribution in [0.4, 0.5) is 10.5 Å². The van der Waals surface area contributed by atoms with E-state index in [1.807, 2.05) is 35.2 Å². The van der Waals surface area contributed by atoms with Gasteiger partial charge in [-0.2, -0.15) is 0 Å². The normalized spacial score (nSPS) is 17.7. The van der Waals surface area contributed by atoms with E-state index in [0.29, 0.717) is 0 Å². The summed E-state index contributed by atoms with van der Waals surface area (Å²) >= 11 is 3.45. The van der Waals surface area contributed by atoms with Gasteiger partial charge in [-0.1, -0.05) is 12.1 Å². The van der Waals surface area contributed by atoms with E-state index >= 15 is 0 Å². The van der Waals surface area contributed by atoms with Gasteiger partial charge in [-0.25, -0.2) is 4.79 Å². The first kappa shape index (κ1) is 13.2. The Morgan fingerprint density at radius 2 is 2.05 bits per heavy atom. The lowest BCUT2D eigenvalue weighted by Gasteiger charge is -2.34. The van der Waals surface area contributed by atoms with Crippen LogP contribution in [0.5, 0.6) is 0 Å². The molecule has 3 rings (SSSR count). The predicted molar refractivity (Wildman–Crippen MR) is 82.7 cm³/mol. The highest BCUT2D eigenvalue weighted by Gasteiger charge is 2.27. The van der Waals surface area contributed by atoms with Gasteiger partial charge in [0.2, 0.25) is 0 Å². The van der Waals surface area contributed by atoms with Crippen molar-refractivity contribution in [2.24, 2.45) is 0 Å². The predicted octanol–water partition coefficient (Wildman–Crippen LogP) is 3.86. The maximum absolute atomic E-state index is 12.4. The SMILES string of the molecule is CC1c2cccn2CCN1C(=O)Nc1ccccc1Br. The van der Waals surface area contributed by atoms with Gasteiger partial charge in [-0.15, -0.1) is 0 Å². The Morgan fingerprint density at radius 1 is 1.25 bits per heavy atom. The lowest BCUT2D eigenvalue weighted by Crippen LogP contribution is -2.43. The molecule has 1 unspecified atom stereocenters. The second kappa shape index (κ2) is 5.32. The largest absolute Gasteiger partial charge is 0.348 e. The summed E-state index contributed by atoms with van der Waals surface area (Å²) in [5.74, 6) is 0. The summed E-state index contributed by atoms with van der Waals surface area (Å²) in [7, 11) is 0. The van der Waals surface area contributed by atoms with Gasteiger partial charge in [0.15, 0.2) is 0 Å². The van der Waals surface area contributed by atoms with Gasteiger partial charge in [0, 0.05) is 29.5 Å². The molecule has 104 valence electrons. The zero-order valence-electron chi connectivity index (χ0n) is 11.2. The molecule has 20 heavy (non-hydrogen) atoms. The van der Waals surface area contributed by atoms with Crippen LogP contribution in [0.15, 0.2) is 47.1 Å². The Kier molecular flexibility index (Phi) is 3.53. The lowest BCUT2D eigenvalue weighted by molar-refractivity contribution is 0.175. The fourth-order valence-electron chi connectivity index (χ4n) is 2.61. The molecule has 1 aliphatic heterocycles. The van der Waals surface area contributed by atoms with Gasteiger partial charge >= 0.3 is 6.03 Å². The quantitative estimate of drug-likeness (QED) is 0.845. The molecule has 2 heterocycles. The van der Waals surface area contributed by atoms with Crippen molar-refractivity contribution in [1.82, 2.24) is 9.47 Å². The molecule has 1 aliphatic rings. The fraction of sp³-hybridized carbons (Fsp3) is 0.267. The summed E-state index contributed by atoms with van der Waals surface area (Å²) in [5.41, 5.74) is 1.98. The number of rotatable bonds is 1. The molecule has 1 aromatic carbocycles. The van der Waals surface area contributed by atoms with Gasteiger partial charge in [0.25, 0.3) is 0 Å². The third-order valence-electron chi connectivity index (χ3n) is 3.72. The van der Waals surface area contributed by atoms with Crippen LogP contribution < -0.4 is 5.32 Å². The summed E-state index contributed by atoms with van der Waals surface area (Å²) in [6, 6.07) is 11.8. The summed E-state index contributed by atoms with van der Waals surface area (Å²) < 4.78 is 3.09. The van der Waals surface area contributed by atoms with Crippen LogP contribution in [0.25, 0.3) is 0 Å². The van der Waals surface area contributed by atoms with E-state index < -0.39 is 0 Å². The van der Waals surface area contributed by atoms with Gasteiger partial charge in [-0.3, -0.25) is 0 Å². The lowest BCUT2D eigenvalue weighted by atomic mass is 10.1. The zero-order chi connectivity index (χ0) is 14.1. The van der Waals surface area contributed by atoms with Crippen molar-refractivity contribution in [3.8, 4) is 0 Å². The number of carbonyl (C=O) groups is 1. The fourth-order valence-corrected chi connectivity index (χ4v) is 2.99. The van der Waals surface area contributed by atoms with E-state index in [1.165, 1.54) is 5.69 Å². The number of nitrogens with one attached hydrogen (secondary N) is 1. The smallest absolute Gasteiger partial charge is 0.322 e. The standard InChI is InChI=1S/C15H16BrN3O/c1-11-14-7-4-8-18(14)9-10-19(11)15(20)17-13-6-3-2-5-12(13)16/h2-8,11H,9-10H2,1H3,(H,17,20). The number of anilines is 1. The molecule has 0 radical (unpaired) electrons. The Hall–Kier alpha value is -1.75. The zero-order valence-corrected chi connectivity index (χ0v) is 12.8. The van der Waals surface area contributed by atoms with Gasteiger partial charge in [0.05, 0.1) is 11.7 Å². The van der Waals surface area contributed by atoms with E-state index in [1.54, 1.807) is 0 Å². The third kappa shape index (κ3) is 2.33. The maximum Gasteiger partial charge on any atom is 0.322 e. The first-order valence-electron chi connectivity index (χ1n) is 6.64. The highest BCUT2D eigenvalue weighted by Crippen LogP contribution is 2.27. The summed E-state index contributed by atoms with van der Waals surface area (Å²) in [6.07, 6.45) is 2.06. The molecule has 0 bridgehead atoms. The first-order valence-corrected chi connectivity index (χ1v) is 7.43. The van der Waals surface area contributed by atoms with Crippen molar-refractivity contribution in [1.29, 1.82) is 0 Å². The van der Waals surface area contributed by atoms with Gasteiger partial charge < -0.3 is 14.8 Å². The highest BCUT2D eigenvalue weighted by atomic mass is 79.9. The van der Waals surface area contributed by atoms with Crippen molar-refractivity contribution in [2.75, 3.05) is 11.9 Å². The molecule has 2 amide bonds. The van der Waals surface area contributed by atoms with Crippen LogP contribution in [0.3, 0.4) is 0 Å². The average Bonchev–Trinajstić information content (AvgIpc) is 2.91. The number of para-hydroxylation sites is 1. The molecule has 0 spiro atoms. The van der Waals surface area contributed by atoms with Crippen LogP contribution in [0.1, 0.15) is 18.7 Å².